The molecular formula is C11H13Cl3. The molecule has 1 aromatic rings. The summed E-state index contributed by atoms with van der Waals surface area (Å²) >= 11 is 17.7. The summed E-state index contributed by atoms with van der Waals surface area (Å²) in [5.74, 6) is 0. The molecule has 0 saturated heterocycles. The summed E-state index contributed by atoms with van der Waals surface area (Å²) in [5, 5.41) is 0. The Bertz CT molecular complexity index is 362. The molecule has 0 bridgehead atoms. The summed E-state index contributed by atoms with van der Waals surface area (Å²) in [7, 11) is 0. The van der Waals surface area contributed by atoms with Crippen molar-refractivity contribution in [3.63, 3.8) is 0 Å². The van der Waals surface area contributed by atoms with Gasteiger partial charge in [-0.3, -0.25) is 0 Å². The average molecular weight is 252 g/mol. The van der Waals surface area contributed by atoms with Crippen molar-refractivity contribution in [2.45, 2.75) is 31.5 Å². The topological polar surface area (TPSA) is 0 Å². The lowest BCUT2D eigenvalue weighted by Crippen LogP contribution is -2.06. The molecule has 0 spiro atoms. The lowest BCUT2D eigenvalue weighted by Gasteiger charge is -2.19. The number of hydrogen-bond donors (Lipinski definition) is 0. The summed E-state index contributed by atoms with van der Waals surface area (Å²) in [5.41, 5.74) is 5.47. The zero-order valence-electron chi connectivity index (χ0n) is 8.71. The van der Waals surface area contributed by atoms with Gasteiger partial charge in [0.2, 0.25) is 3.79 Å². The van der Waals surface area contributed by atoms with Crippen molar-refractivity contribution in [1.82, 2.24) is 0 Å². The van der Waals surface area contributed by atoms with E-state index in [-0.39, 0.29) is 0 Å². The van der Waals surface area contributed by atoms with E-state index in [2.05, 4.69) is 13.8 Å². The van der Waals surface area contributed by atoms with E-state index < -0.39 is 3.79 Å². The van der Waals surface area contributed by atoms with Crippen LogP contribution in [-0.4, -0.2) is 0 Å². The van der Waals surface area contributed by atoms with Gasteiger partial charge < -0.3 is 0 Å². The molecule has 0 nitrogen and oxygen atoms in total. The molecule has 3 heteroatoms. The van der Waals surface area contributed by atoms with E-state index in [0.29, 0.717) is 0 Å². The van der Waals surface area contributed by atoms with Crippen LogP contribution >= 0.6 is 34.8 Å². The second-order valence-corrected chi connectivity index (χ2v) is 5.90. The molecule has 0 atom stereocenters. The highest BCUT2D eigenvalue weighted by Gasteiger charge is 2.26. The highest BCUT2D eigenvalue weighted by molar-refractivity contribution is 6.66. The maximum atomic E-state index is 5.89. The van der Waals surface area contributed by atoms with Gasteiger partial charge in [0, 0.05) is 5.56 Å². The van der Waals surface area contributed by atoms with E-state index in [4.69, 9.17) is 34.8 Å². The highest BCUT2D eigenvalue weighted by atomic mass is 35.6. The third-order valence-electron chi connectivity index (χ3n) is 2.79. The summed E-state index contributed by atoms with van der Waals surface area (Å²) in [6.45, 7) is 8.15. The number of aryl methyl sites for hydroxylation is 1. The number of halogens is 3. The molecule has 0 aliphatic rings. The average Bonchev–Trinajstić information content (AvgIpc) is 2.06. The molecular weight excluding hydrogens is 238 g/mol. The second kappa shape index (κ2) is 3.92. The van der Waals surface area contributed by atoms with Crippen LogP contribution in [0.5, 0.6) is 0 Å². The molecule has 1 rings (SSSR count). The fourth-order valence-corrected chi connectivity index (χ4v) is 2.10. The molecule has 0 heterocycles. The molecule has 0 radical (unpaired) electrons. The quantitative estimate of drug-likeness (QED) is 0.584. The Morgan fingerprint density at radius 1 is 0.857 bits per heavy atom. The fourth-order valence-electron chi connectivity index (χ4n) is 1.51. The minimum absolute atomic E-state index is 0.781. The van der Waals surface area contributed by atoms with Gasteiger partial charge in [-0.2, -0.15) is 0 Å². The minimum atomic E-state index is -1.33. The molecule has 0 fully saturated rings. The van der Waals surface area contributed by atoms with Crippen LogP contribution in [0.2, 0.25) is 0 Å². The van der Waals surface area contributed by atoms with Crippen LogP contribution < -0.4 is 0 Å². The molecule has 0 aliphatic heterocycles. The van der Waals surface area contributed by atoms with Gasteiger partial charge in [-0.05, 0) is 49.9 Å². The third-order valence-corrected chi connectivity index (χ3v) is 3.40. The predicted molar refractivity (Wildman–Crippen MR) is 64.6 cm³/mol. The van der Waals surface area contributed by atoms with Crippen LogP contribution in [0.15, 0.2) is 6.07 Å². The molecule has 0 saturated carbocycles. The smallest absolute Gasteiger partial charge is 0.0784 e. The summed E-state index contributed by atoms with van der Waals surface area (Å²) in [6, 6.07) is 1.95. The van der Waals surface area contributed by atoms with Crippen molar-refractivity contribution in [2.75, 3.05) is 0 Å². The first-order chi connectivity index (χ1) is 6.25. The van der Waals surface area contributed by atoms with Crippen LogP contribution in [0.3, 0.4) is 0 Å². The monoisotopic (exact) mass is 250 g/mol. The van der Waals surface area contributed by atoms with Gasteiger partial charge in [-0.15, -0.1) is 0 Å². The second-order valence-electron chi connectivity index (χ2n) is 3.61. The molecule has 0 amide bonds. The normalized spacial score (nSPS) is 11.9. The van der Waals surface area contributed by atoms with Gasteiger partial charge in [0.05, 0.1) is 0 Å². The Balaban J connectivity index is 3.49. The van der Waals surface area contributed by atoms with Crippen molar-refractivity contribution in [1.29, 1.82) is 0 Å². The van der Waals surface area contributed by atoms with E-state index in [1.807, 2.05) is 19.9 Å². The third kappa shape index (κ3) is 2.18. The fraction of sp³-hybridized carbons (Fsp3) is 0.455. The largest absolute Gasteiger partial charge is 0.216 e. The zero-order chi connectivity index (χ0) is 11.1. The van der Waals surface area contributed by atoms with Gasteiger partial charge >= 0.3 is 0 Å². The summed E-state index contributed by atoms with van der Waals surface area (Å²) in [4.78, 5) is 0. The van der Waals surface area contributed by atoms with E-state index >= 15 is 0 Å². The first kappa shape index (κ1) is 12.2. The van der Waals surface area contributed by atoms with Gasteiger partial charge in [-0.25, -0.2) is 0 Å². The van der Waals surface area contributed by atoms with Gasteiger partial charge in [0.15, 0.2) is 0 Å². The first-order valence-electron chi connectivity index (χ1n) is 4.39. The Morgan fingerprint density at radius 2 is 1.36 bits per heavy atom. The van der Waals surface area contributed by atoms with E-state index in [1.54, 1.807) is 0 Å². The van der Waals surface area contributed by atoms with Crippen LogP contribution in [0, 0.1) is 27.7 Å². The summed E-state index contributed by atoms with van der Waals surface area (Å²) < 4.78 is -1.33. The minimum Gasteiger partial charge on any atom is -0.0784 e. The number of alkyl halides is 3. The van der Waals surface area contributed by atoms with Gasteiger partial charge in [0.25, 0.3) is 0 Å². The van der Waals surface area contributed by atoms with Gasteiger partial charge in [0.1, 0.15) is 0 Å². The van der Waals surface area contributed by atoms with Crippen LogP contribution in [-0.2, 0) is 3.79 Å². The first-order valence-corrected chi connectivity index (χ1v) is 5.53. The maximum Gasteiger partial charge on any atom is 0.216 e. The summed E-state index contributed by atoms with van der Waals surface area (Å²) in [6.07, 6.45) is 0. The Kier molecular flexibility index (Phi) is 3.41. The van der Waals surface area contributed by atoms with E-state index in [0.717, 1.165) is 16.7 Å². The molecule has 78 valence electrons. The van der Waals surface area contributed by atoms with Crippen molar-refractivity contribution in [2.24, 2.45) is 0 Å². The number of hydrogen-bond acceptors (Lipinski definition) is 0. The van der Waals surface area contributed by atoms with Crippen molar-refractivity contribution in [3.8, 4) is 0 Å². The number of rotatable bonds is 0. The highest BCUT2D eigenvalue weighted by Crippen LogP contribution is 2.41. The van der Waals surface area contributed by atoms with Crippen LogP contribution in [0.1, 0.15) is 27.8 Å². The predicted octanol–water partition coefficient (Wildman–Crippen LogP) is 4.75. The lowest BCUT2D eigenvalue weighted by molar-refractivity contribution is 1.11. The van der Waals surface area contributed by atoms with Gasteiger partial charge in [-0.1, -0.05) is 40.9 Å². The molecule has 0 unspecified atom stereocenters. The lowest BCUT2D eigenvalue weighted by atomic mass is 9.95. The zero-order valence-corrected chi connectivity index (χ0v) is 11.0. The van der Waals surface area contributed by atoms with E-state index in [1.165, 1.54) is 11.1 Å². The molecule has 14 heavy (non-hydrogen) atoms. The van der Waals surface area contributed by atoms with Crippen molar-refractivity contribution in [3.05, 3.63) is 33.9 Å². The van der Waals surface area contributed by atoms with E-state index in [9.17, 15) is 0 Å². The van der Waals surface area contributed by atoms with Crippen molar-refractivity contribution < 1.29 is 0 Å². The molecule has 0 N–H and O–H groups in total. The SMILES string of the molecule is Cc1cc(C(Cl)(Cl)Cl)c(C)c(C)c1C. The maximum absolute atomic E-state index is 5.89. The van der Waals surface area contributed by atoms with Crippen molar-refractivity contribution >= 4 is 34.8 Å². The molecule has 0 aliphatic carbocycles. The Labute approximate surface area is 100 Å². The Morgan fingerprint density at radius 3 is 1.79 bits per heavy atom. The molecule has 0 aromatic heterocycles. The van der Waals surface area contributed by atoms with Crippen LogP contribution in [0.25, 0.3) is 0 Å². The molecule has 1 aromatic carbocycles. The van der Waals surface area contributed by atoms with Crippen LogP contribution in [0.4, 0.5) is 0 Å². The number of benzene rings is 1. The standard InChI is InChI=1S/C11H13Cl3/c1-6-5-10(11(12,13)14)9(4)8(3)7(6)2/h5H,1-4H3. The Hall–Kier alpha value is 0.0900.